The molecular formula is C22H29F2IN4O. The molecule has 0 amide bonds. The molecule has 0 aromatic heterocycles. The molecule has 2 aromatic rings. The van der Waals surface area contributed by atoms with Crippen molar-refractivity contribution in [1.29, 1.82) is 0 Å². The molecule has 1 unspecified atom stereocenters. The number of hydrogen-bond donors (Lipinski definition) is 2. The highest BCUT2D eigenvalue weighted by atomic mass is 127. The van der Waals surface area contributed by atoms with Gasteiger partial charge >= 0.3 is 0 Å². The van der Waals surface area contributed by atoms with Crippen molar-refractivity contribution in [3.05, 3.63) is 65.2 Å². The van der Waals surface area contributed by atoms with E-state index in [4.69, 9.17) is 4.74 Å². The summed E-state index contributed by atoms with van der Waals surface area (Å²) in [5, 5.41) is 6.39. The zero-order chi connectivity index (χ0) is 20.6. The third-order valence-electron chi connectivity index (χ3n) is 5.22. The predicted molar refractivity (Wildman–Crippen MR) is 127 cm³/mol. The molecule has 0 aliphatic carbocycles. The Morgan fingerprint density at radius 2 is 1.87 bits per heavy atom. The molecule has 1 heterocycles. The highest BCUT2D eigenvalue weighted by Gasteiger charge is 2.26. The highest BCUT2D eigenvalue weighted by Crippen LogP contribution is 2.31. The molecule has 0 spiro atoms. The molecule has 1 atom stereocenters. The largest absolute Gasteiger partial charge is 0.496 e. The summed E-state index contributed by atoms with van der Waals surface area (Å²) in [6, 6.07) is 11.6. The fourth-order valence-electron chi connectivity index (χ4n) is 3.70. The van der Waals surface area contributed by atoms with Crippen LogP contribution in [0.25, 0.3) is 0 Å². The van der Waals surface area contributed by atoms with E-state index in [1.807, 2.05) is 18.2 Å². The van der Waals surface area contributed by atoms with Crippen molar-refractivity contribution in [2.24, 2.45) is 4.99 Å². The lowest BCUT2D eigenvalue weighted by Crippen LogP contribution is -2.42. The number of para-hydroxylation sites is 1. The number of aliphatic imine (C=N–C) groups is 1. The lowest BCUT2D eigenvalue weighted by atomic mass is 10.0. The van der Waals surface area contributed by atoms with Crippen LogP contribution in [0.5, 0.6) is 5.75 Å². The molecule has 8 heteroatoms. The van der Waals surface area contributed by atoms with Gasteiger partial charge < -0.3 is 15.4 Å². The number of likely N-dealkylation sites (tertiary alicyclic amines) is 1. The standard InChI is InChI=1S/C22H28F2N4O.HI/c1-25-22(26-14-16-13-17(23)9-10-19(16)24)27-15-20(28-11-5-6-12-28)18-7-3-4-8-21(18)29-2;/h3-4,7-10,13,20H,5-6,11-12,14-15H2,1-2H3,(H2,25,26,27);1H. The van der Waals surface area contributed by atoms with Gasteiger partial charge in [0.2, 0.25) is 0 Å². The molecule has 1 aliphatic rings. The molecular weight excluding hydrogens is 501 g/mol. The van der Waals surface area contributed by atoms with Crippen molar-refractivity contribution in [1.82, 2.24) is 15.5 Å². The normalized spacial score (nSPS) is 15.4. The summed E-state index contributed by atoms with van der Waals surface area (Å²) in [5.74, 6) is 0.485. The first kappa shape index (κ1) is 24.3. The molecule has 2 N–H and O–H groups in total. The predicted octanol–water partition coefficient (Wildman–Crippen LogP) is 4.09. The zero-order valence-corrected chi connectivity index (χ0v) is 19.7. The van der Waals surface area contributed by atoms with Gasteiger partial charge in [0.15, 0.2) is 5.96 Å². The van der Waals surface area contributed by atoms with Crippen LogP contribution in [0, 0.1) is 11.6 Å². The molecule has 0 saturated carbocycles. The SMILES string of the molecule is CN=C(NCc1cc(F)ccc1F)NCC(c1ccccc1OC)N1CCCC1.I. The smallest absolute Gasteiger partial charge is 0.191 e. The molecule has 1 aliphatic heterocycles. The van der Waals surface area contributed by atoms with E-state index >= 15 is 0 Å². The Hall–Kier alpha value is -1.94. The number of rotatable bonds is 7. The minimum atomic E-state index is -0.462. The summed E-state index contributed by atoms with van der Waals surface area (Å²) >= 11 is 0. The first-order valence-electron chi connectivity index (χ1n) is 9.87. The van der Waals surface area contributed by atoms with Crippen LogP contribution in [0.1, 0.15) is 30.0 Å². The fraction of sp³-hybridized carbons (Fsp3) is 0.409. The molecule has 0 radical (unpaired) electrons. The van der Waals surface area contributed by atoms with E-state index in [0.29, 0.717) is 12.5 Å². The summed E-state index contributed by atoms with van der Waals surface area (Å²) in [7, 11) is 3.34. The van der Waals surface area contributed by atoms with E-state index in [1.54, 1.807) is 14.2 Å². The van der Waals surface area contributed by atoms with Gasteiger partial charge in [0, 0.05) is 31.3 Å². The van der Waals surface area contributed by atoms with E-state index in [9.17, 15) is 8.78 Å². The maximum Gasteiger partial charge on any atom is 0.191 e. The second-order valence-electron chi connectivity index (χ2n) is 7.04. The topological polar surface area (TPSA) is 48.9 Å². The Labute approximate surface area is 193 Å². The van der Waals surface area contributed by atoms with Crippen LogP contribution in [0.3, 0.4) is 0 Å². The number of benzene rings is 2. The van der Waals surface area contributed by atoms with E-state index in [2.05, 4.69) is 26.6 Å². The quantitative estimate of drug-likeness (QED) is 0.322. The van der Waals surface area contributed by atoms with Crippen LogP contribution in [-0.4, -0.2) is 44.7 Å². The number of nitrogens with one attached hydrogen (secondary N) is 2. The van der Waals surface area contributed by atoms with Gasteiger partial charge in [-0.15, -0.1) is 24.0 Å². The van der Waals surface area contributed by atoms with Crippen LogP contribution in [0.2, 0.25) is 0 Å². The Balaban J connectivity index is 0.00000320. The summed E-state index contributed by atoms with van der Waals surface area (Å²) in [5.41, 5.74) is 1.38. The molecule has 5 nitrogen and oxygen atoms in total. The third-order valence-corrected chi connectivity index (χ3v) is 5.22. The third kappa shape index (κ3) is 6.28. The van der Waals surface area contributed by atoms with Crippen LogP contribution in [0.15, 0.2) is 47.5 Å². The number of methoxy groups -OCH3 is 1. The van der Waals surface area contributed by atoms with Gasteiger partial charge in [-0.2, -0.15) is 0 Å². The fourth-order valence-corrected chi connectivity index (χ4v) is 3.70. The average molecular weight is 530 g/mol. The minimum absolute atomic E-state index is 0. The maximum absolute atomic E-state index is 13.9. The second-order valence-corrected chi connectivity index (χ2v) is 7.04. The van der Waals surface area contributed by atoms with Crippen LogP contribution < -0.4 is 15.4 Å². The van der Waals surface area contributed by atoms with Gasteiger partial charge in [-0.3, -0.25) is 9.89 Å². The number of ether oxygens (including phenoxy) is 1. The van der Waals surface area contributed by atoms with Crippen LogP contribution in [-0.2, 0) is 6.54 Å². The first-order valence-corrected chi connectivity index (χ1v) is 9.87. The monoisotopic (exact) mass is 530 g/mol. The Kier molecular flexibility index (Phi) is 9.77. The molecule has 0 bridgehead atoms. The number of halogens is 3. The molecule has 1 saturated heterocycles. The van der Waals surface area contributed by atoms with E-state index in [1.165, 1.54) is 18.9 Å². The lowest BCUT2D eigenvalue weighted by molar-refractivity contribution is 0.239. The van der Waals surface area contributed by atoms with Gasteiger partial charge in [-0.25, -0.2) is 8.78 Å². The van der Waals surface area contributed by atoms with Gasteiger partial charge in [-0.05, 0) is 50.2 Å². The Morgan fingerprint density at radius 3 is 2.57 bits per heavy atom. The molecule has 30 heavy (non-hydrogen) atoms. The lowest BCUT2D eigenvalue weighted by Gasteiger charge is -2.30. The van der Waals surface area contributed by atoms with Crippen LogP contribution >= 0.6 is 24.0 Å². The van der Waals surface area contributed by atoms with Gasteiger partial charge in [0.1, 0.15) is 17.4 Å². The van der Waals surface area contributed by atoms with E-state index in [0.717, 1.165) is 36.5 Å². The Morgan fingerprint density at radius 1 is 1.13 bits per heavy atom. The molecule has 164 valence electrons. The van der Waals surface area contributed by atoms with Gasteiger partial charge in [0.05, 0.1) is 13.2 Å². The van der Waals surface area contributed by atoms with Gasteiger partial charge in [-0.1, -0.05) is 18.2 Å². The summed E-state index contributed by atoms with van der Waals surface area (Å²) in [6.45, 7) is 2.83. The number of nitrogens with zero attached hydrogens (tertiary/aromatic N) is 2. The highest BCUT2D eigenvalue weighted by molar-refractivity contribution is 14.0. The van der Waals surface area contributed by atoms with E-state index in [-0.39, 0.29) is 42.1 Å². The first-order chi connectivity index (χ1) is 14.1. The number of hydrogen-bond acceptors (Lipinski definition) is 3. The van der Waals surface area contributed by atoms with Crippen molar-refractivity contribution >= 4 is 29.9 Å². The summed E-state index contributed by atoms with van der Waals surface area (Å²) in [4.78, 5) is 6.65. The van der Waals surface area contributed by atoms with Crippen molar-refractivity contribution in [3.63, 3.8) is 0 Å². The second kappa shape index (κ2) is 12.0. The maximum atomic E-state index is 13.9. The van der Waals surface area contributed by atoms with Crippen molar-refractivity contribution in [2.45, 2.75) is 25.4 Å². The molecule has 3 rings (SSSR count). The minimum Gasteiger partial charge on any atom is -0.496 e. The summed E-state index contributed by atoms with van der Waals surface area (Å²) in [6.07, 6.45) is 2.36. The van der Waals surface area contributed by atoms with E-state index < -0.39 is 11.6 Å². The van der Waals surface area contributed by atoms with Crippen molar-refractivity contribution in [3.8, 4) is 5.75 Å². The van der Waals surface area contributed by atoms with Gasteiger partial charge in [0.25, 0.3) is 0 Å². The molecule has 1 fully saturated rings. The average Bonchev–Trinajstić information content (AvgIpc) is 3.27. The van der Waals surface area contributed by atoms with Crippen molar-refractivity contribution in [2.75, 3.05) is 33.8 Å². The van der Waals surface area contributed by atoms with Crippen LogP contribution in [0.4, 0.5) is 8.78 Å². The zero-order valence-electron chi connectivity index (χ0n) is 17.3. The molecule has 2 aromatic carbocycles. The number of guanidine groups is 1. The van der Waals surface area contributed by atoms with Crippen molar-refractivity contribution < 1.29 is 13.5 Å². The summed E-state index contributed by atoms with van der Waals surface area (Å²) < 4.78 is 32.8. The Bertz CT molecular complexity index is 844.